The number of alkyl halides is 1. The molecule has 17 heavy (non-hydrogen) atoms. The summed E-state index contributed by atoms with van der Waals surface area (Å²) in [5, 5.41) is 6.34. The van der Waals surface area contributed by atoms with Crippen molar-refractivity contribution in [2.75, 3.05) is 12.4 Å². The number of urea groups is 1. The zero-order valence-corrected chi connectivity index (χ0v) is 9.96. The molecule has 4 nitrogen and oxygen atoms in total. The van der Waals surface area contributed by atoms with Crippen LogP contribution in [0.2, 0.25) is 0 Å². The summed E-state index contributed by atoms with van der Waals surface area (Å²) < 4.78 is 5.55. The van der Waals surface area contributed by atoms with Gasteiger partial charge in [0.1, 0.15) is 11.3 Å². The molecule has 0 saturated carbocycles. The van der Waals surface area contributed by atoms with E-state index < -0.39 is 0 Å². The Labute approximate surface area is 104 Å². The van der Waals surface area contributed by atoms with Gasteiger partial charge in [-0.1, -0.05) is 18.2 Å². The number of nitrogens with one attached hydrogen (secondary N) is 2. The first kappa shape index (κ1) is 11.8. The van der Waals surface area contributed by atoms with Crippen LogP contribution in [0.4, 0.5) is 4.79 Å². The van der Waals surface area contributed by atoms with E-state index >= 15 is 0 Å². The maximum Gasteiger partial charge on any atom is 0.315 e. The highest BCUT2D eigenvalue weighted by molar-refractivity contribution is 6.18. The molecule has 0 aliphatic heterocycles. The molecule has 0 fully saturated rings. The van der Waals surface area contributed by atoms with Crippen LogP contribution in [0.15, 0.2) is 34.7 Å². The Bertz CT molecular complexity index is 477. The Hall–Kier alpha value is -1.68. The monoisotopic (exact) mass is 252 g/mol. The minimum atomic E-state index is -0.244. The number of hydrogen-bond donors (Lipinski definition) is 2. The molecular weight excluding hydrogens is 240 g/mol. The number of furan rings is 1. The second-order valence-corrected chi connectivity index (χ2v) is 3.93. The van der Waals surface area contributed by atoms with Gasteiger partial charge < -0.3 is 15.1 Å². The predicted molar refractivity (Wildman–Crippen MR) is 67.2 cm³/mol. The van der Waals surface area contributed by atoms with Crippen LogP contribution in [0, 0.1) is 0 Å². The third-order valence-corrected chi connectivity index (χ3v) is 2.47. The molecule has 1 aromatic carbocycles. The van der Waals surface area contributed by atoms with Crippen molar-refractivity contribution in [2.24, 2.45) is 0 Å². The zero-order chi connectivity index (χ0) is 12.1. The third-order valence-electron chi connectivity index (χ3n) is 2.28. The summed E-state index contributed by atoms with van der Waals surface area (Å²) in [7, 11) is 0. The molecule has 0 aliphatic carbocycles. The van der Waals surface area contributed by atoms with Crippen molar-refractivity contribution in [3.05, 3.63) is 36.1 Å². The van der Waals surface area contributed by atoms with Gasteiger partial charge in [-0.05, 0) is 12.1 Å². The fourth-order valence-corrected chi connectivity index (χ4v) is 1.61. The van der Waals surface area contributed by atoms with Gasteiger partial charge >= 0.3 is 6.03 Å². The van der Waals surface area contributed by atoms with Crippen LogP contribution in [0.1, 0.15) is 5.76 Å². The molecule has 1 aromatic heterocycles. The lowest BCUT2D eigenvalue weighted by molar-refractivity contribution is 0.240. The molecule has 2 aromatic rings. The highest BCUT2D eigenvalue weighted by Crippen LogP contribution is 2.18. The molecule has 90 valence electrons. The Morgan fingerprint density at radius 1 is 1.29 bits per heavy atom. The molecule has 0 unspecified atom stereocenters. The second-order valence-electron chi connectivity index (χ2n) is 3.55. The number of carbonyl (C=O) groups excluding carboxylic acids is 1. The Morgan fingerprint density at radius 2 is 2.12 bits per heavy atom. The van der Waals surface area contributed by atoms with Gasteiger partial charge in [0.25, 0.3) is 0 Å². The molecule has 0 radical (unpaired) electrons. The first-order valence-corrected chi connectivity index (χ1v) is 5.88. The average molecular weight is 253 g/mol. The lowest BCUT2D eigenvalue weighted by Crippen LogP contribution is -2.35. The summed E-state index contributed by atoms with van der Waals surface area (Å²) in [6, 6.07) is 9.39. The van der Waals surface area contributed by atoms with Crippen molar-refractivity contribution < 1.29 is 9.21 Å². The molecular formula is C12H13ClN2O2. The van der Waals surface area contributed by atoms with Gasteiger partial charge in [-0.15, -0.1) is 11.6 Å². The van der Waals surface area contributed by atoms with Crippen LogP contribution < -0.4 is 10.6 Å². The number of benzene rings is 1. The summed E-state index contributed by atoms with van der Waals surface area (Å²) in [4.78, 5) is 11.3. The number of rotatable bonds is 4. The van der Waals surface area contributed by atoms with Crippen LogP contribution in [-0.2, 0) is 6.54 Å². The smallest absolute Gasteiger partial charge is 0.315 e. The average Bonchev–Trinajstić information content (AvgIpc) is 2.76. The molecule has 2 N–H and O–H groups in total. The minimum Gasteiger partial charge on any atom is -0.459 e. The summed E-state index contributed by atoms with van der Waals surface area (Å²) >= 11 is 5.46. The van der Waals surface area contributed by atoms with Crippen LogP contribution in [-0.4, -0.2) is 18.5 Å². The van der Waals surface area contributed by atoms with Gasteiger partial charge in [0.05, 0.1) is 6.54 Å². The number of halogens is 1. The van der Waals surface area contributed by atoms with Gasteiger partial charge in [0, 0.05) is 17.8 Å². The lowest BCUT2D eigenvalue weighted by Gasteiger charge is -2.03. The highest BCUT2D eigenvalue weighted by atomic mass is 35.5. The van der Waals surface area contributed by atoms with Crippen LogP contribution >= 0.6 is 11.6 Å². The Balaban J connectivity index is 1.92. The van der Waals surface area contributed by atoms with E-state index in [4.69, 9.17) is 16.0 Å². The summed E-state index contributed by atoms with van der Waals surface area (Å²) in [6.07, 6.45) is 0. The number of fused-ring (bicyclic) bond motifs is 1. The zero-order valence-electron chi connectivity index (χ0n) is 9.20. The molecule has 0 spiro atoms. The SMILES string of the molecule is O=C(NCCCl)NCc1cc2ccccc2o1. The number of amides is 2. The van der Waals surface area contributed by atoms with Crippen molar-refractivity contribution in [3.8, 4) is 0 Å². The Morgan fingerprint density at radius 3 is 2.88 bits per heavy atom. The summed E-state index contributed by atoms with van der Waals surface area (Å²) in [5.74, 6) is 1.13. The van der Waals surface area contributed by atoms with Crippen molar-refractivity contribution >= 4 is 28.6 Å². The molecule has 0 atom stereocenters. The fraction of sp³-hybridized carbons (Fsp3) is 0.250. The van der Waals surface area contributed by atoms with Gasteiger partial charge in [-0.2, -0.15) is 0 Å². The molecule has 1 heterocycles. The van der Waals surface area contributed by atoms with Crippen molar-refractivity contribution in [1.29, 1.82) is 0 Å². The predicted octanol–water partition coefficient (Wildman–Crippen LogP) is 2.47. The van der Waals surface area contributed by atoms with Crippen LogP contribution in [0.3, 0.4) is 0 Å². The van der Waals surface area contributed by atoms with E-state index in [2.05, 4.69) is 10.6 Å². The highest BCUT2D eigenvalue weighted by Gasteiger charge is 2.04. The summed E-state index contributed by atoms with van der Waals surface area (Å²) in [5.41, 5.74) is 0.825. The van der Waals surface area contributed by atoms with Gasteiger partial charge in [-0.25, -0.2) is 4.79 Å². The van der Waals surface area contributed by atoms with Gasteiger partial charge in [0.15, 0.2) is 0 Å². The number of carbonyl (C=O) groups is 1. The van der Waals surface area contributed by atoms with Crippen LogP contribution in [0.25, 0.3) is 11.0 Å². The fourth-order valence-electron chi connectivity index (χ4n) is 1.51. The number of hydrogen-bond acceptors (Lipinski definition) is 2. The van der Waals surface area contributed by atoms with E-state index in [1.165, 1.54) is 0 Å². The normalized spacial score (nSPS) is 10.4. The standard InChI is InChI=1S/C12H13ClN2O2/c13-5-6-14-12(16)15-8-10-7-9-3-1-2-4-11(9)17-10/h1-4,7H,5-6,8H2,(H2,14,15,16). The summed E-state index contributed by atoms with van der Waals surface area (Å²) in [6.45, 7) is 0.816. The van der Waals surface area contributed by atoms with Gasteiger partial charge in [-0.3, -0.25) is 0 Å². The quantitative estimate of drug-likeness (QED) is 0.822. The molecule has 5 heteroatoms. The van der Waals surface area contributed by atoms with Gasteiger partial charge in [0.2, 0.25) is 0 Å². The van der Waals surface area contributed by atoms with E-state index in [9.17, 15) is 4.79 Å². The molecule has 2 amide bonds. The third kappa shape index (κ3) is 3.14. The lowest BCUT2D eigenvalue weighted by atomic mass is 10.2. The molecule has 0 aliphatic rings. The Kier molecular flexibility index (Phi) is 3.88. The van der Waals surface area contributed by atoms with E-state index in [-0.39, 0.29) is 6.03 Å². The largest absolute Gasteiger partial charge is 0.459 e. The van der Waals surface area contributed by atoms with E-state index in [1.807, 2.05) is 30.3 Å². The maximum absolute atomic E-state index is 11.3. The van der Waals surface area contributed by atoms with Crippen molar-refractivity contribution in [3.63, 3.8) is 0 Å². The maximum atomic E-state index is 11.3. The van der Waals surface area contributed by atoms with Crippen molar-refractivity contribution in [1.82, 2.24) is 10.6 Å². The minimum absolute atomic E-state index is 0.244. The van der Waals surface area contributed by atoms with E-state index in [0.717, 1.165) is 16.7 Å². The molecule has 2 rings (SSSR count). The number of para-hydroxylation sites is 1. The first-order valence-electron chi connectivity index (χ1n) is 5.34. The van der Waals surface area contributed by atoms with E-state index in [1.54, 1.807) is 0 Å². The van der Waals surface area contributed by atoms with Crippen molar-refractivity contribution in [2.45, 2.75) is 6.54 Å². The van der Waals surface area contributed by atoms with E-state index in [0.29, 0.717) is 19.0 Å². The topological polar surface area (TPSA) is 54.3 Å². The molecule has 0 saturated heterocycles. The van der Waals surface area contributed by atoms with Crippen LogP contribution in [0.5, 0.6) is 0 Å². The second kappa shape index (κ2) is 5.59. The molecule has 0 bridgehead atoms. The first-order chi connectivity index (χ1) is 8.29.